The average Bonchev–Trinajstić information content (AvgIpc) is 2.59. The lowest BCUT2D eigenvalue weighted by molar-refractivity contribution is 0.431. The van der Waals surface area contributed by atoms with Gasteiger partial charge in [-0.25, -0.2) is 9.97 Å². The number of hydrogen-bond acceptors (Lipinski definition) is 5. The van der Waals surface area contributed by atoms with Gasteiger partial charge in [0.25, 0.3) is 5.22 Å². The predicted molar refractivity (Wildman–Crippen MR) is 71.2 cm³/mol. The summed E-state index contributed by atoms with van der Waals surface area (Å²) in [5.74, 6) is 0.829. The molecular weight excluding hydrogens is 302 g/mol. The molecule has 0 aliphatic heterocycles. The van der Waals surface area contributed by atoms with E-state index in [0.29, 0.717) is 10.9 Å². The lowest BCUT2D eigenvalue weighted by Gasteiger charge is -2.05. The van der Waals surface area contributed by atoms with Crippen LogP contribution in [0.5, 0.6) is 0 Å². The van der Waals surface area contributed by atoms with E-state index in [4.69, 9.17) is 10.2 Å². The van der Waals surface area contributed by atoms with Crippen molar-refractivity contribution < 1.29 is 4.42 Å². The van der Waals surface area contributed by atoms with E-state index in [0.717, 1.165) is 26.5 Å². The number of anilines is 1. The average molecular weight is 314 g/mol. The summed E-state index contributed by atoms with van der Waals surface area (Å²) in [6.45, 7) is 5.75. The number of nitrogen functional groups attached to an aromatic ring is 1. The third kappa shape index (κ3) is 2.47. The van der Waals surface area contributed by atoms with Crippen LogP contribution in [0.25, 0.3) is 0 Å². The molecule has 17 heavy (non-hydrogen) atoms. The maximum absolute atomic E-state index is 5.77. The second-order valence-corrected chi connectivity index (χ2v) is 5.41. The minimum absolute atomic E-state index is 0.595. The molecule has 0 saturated carbocycles. The second-order valence-electron chi connectivity index (χ2n) is 3.68. The van der Waals surface area contributed by atoms with Gasteiger partial charge in [0.2, 0.25) is 0 Å². The first-order valence-corrected chi connectivity index (χ1v) is 6.62. The van der Waals surface area contributed by atoms with Gasteiger partial charge in [0.15, 0.2) is 0 Å². The fourth-order valence-corrected chi connectivity index (χ4v) is 2.65. The quantitative estimate of drug-likeness (QED) is 0.919. The summed E-state index contributed by atoms with van der Waals surface area (Å²) in [7, 11) is 0. The van der Waals surface area contributed by atoms with E-state index in [1.165, 1.54) is 11.8 Å². The van der Waals surface area contributed by atoms with Gasteiger partial charge >= 0.3 is 0 Å². The fraction of sp³-hybridized carbons (Fsp3) is 0.273. The van der Waals surface area contributed by atoms with Gasteiger partial charge < -0.3 is 10.2 Å². The zero-order chi connectivity index (χ0) is 12.6. The van der Waals surface area contributed by atoms with E-state index in [2.05, 4.69) is 25.9 Å². The highest BCUT2D eigenvalue weighted by molar-refractivity contribution is 9.10. The Labute approximate surface area is 112 Å². The van der Waals surface area contributed by atoms with Crippen molar-refractivity contribution in [2.24, 2.45) is 0 Å². The minimum Gasteiger partial charge on any atom is -0.436 e. The zero-order valence-corrected chi connectivity index (χ0v) is 12.1. The summed E-state index contributed by atoms with van der Waals surface area (Å²) in [5, 5.41) is 1.40. The number of oxazole rings is 1. The van der Waals surface area contributed by atoms with Crippen molar-refractivity contribution in [1.82, 2.24) is 9.97 Å². The maximum Gasteiger partial charge on any atom is 0.262 e. The molecule has 0 unspecified atom stereocenters. The molecule has 0 spiro atoms. The standard InChI is InChI=1S/C11H12BrN3OS/c1-5-8(13)4-14-10(9(5)12)17-11-15-6(2)7(3)16-11/h4H,13H2,1-3H3. The predicted octanol–water partition coefficient (Wildman–Crippen LogP) is 3.49. The highest BCUT2D eigenvalue weighted by Gasteiger charge is 2.13. The van der Waals surface area contributed by atoms with Gasteiger partial charge in [-0.1, -0.05) is 0 Å². The number of aromatic nitrogens is 2. The molecule has 2 N–H and O–H groups in total. The molecule has 2 aromatic heterocycles. The second kappa shape index (κ2) is 4.70. The Bertz CT molecular complexity index is 549. The van der Waals surface area contributed by atoms with E-state index < -0.39 is 0 Å². The summed E-state index contributed by atoms with van der Waals surface area (Å²) < 4.78 is 6.39. The molecule has 0 bridgehead atoms. The van der Waals surface area contributed by atoms with Crippen LogP contribution in [0, 0.1) is 20.8 Å². The van der Waals surface area contributed by atoms with Crippen molar-refractivity contribution >= 4 is 33.4 Å². The number of hydrogen-bond donors (Lipinski definition) is 1. The number of halogens is 1. The minimum atomic E-state index is 0.595. The van der Waals surface area contributed by atoms with Crippen LogP contribution in [-0.4, -0.2) is 9.97 Å². The topological polar surface area (TPSA) is 64.9 Å². The van der Waals surface area contributed by atoms with Crippen LogP contribution in [0.3, 0.4) is 0 Å². The summed E-state index contributed by atoms with van der Waals surface area (Å²) in [6.07, 6.45) is 1.64. The molecule has 2 aromatic rings. The van der Waals surface area contributed by atoms with E-state index >= 15 is 0 Å². The van der Waals surface area contributed by atoms with E-state index in [1.54, 1.807) is 6.20 Å². The molecule has 4 nitrogen and oxygen atoms in total. The van der Waals surface area contributed by atoms with Crippen LogP contribution in [-0.2, 0) is 0 Å². The molecular formula is C11H12BrN3OS. The summed E-state index contributed by atoms with van der Waals surface area (Å²) >= 11 is 4.86. The third-order valence-corrected chi connectivity index (χ3v) is 4.55. The highest BCUT2D eigenvalue weighted by Crippen LogP contribution is 2.35. The largest absolute Gasteiger partial charge is 0.436 e. The van der Waals surface area contributed by atoms with E-state index in [-0.39, 0.29) is 0 Å². The van der Waals surface area contributed by atoms with Crippen molar-refractivity contribution in [1.29, 1.82) is 0 Å². The van der Waals surface area contributed by atoms with E-state index in [9.17, 15) is 0 Å². The molecule has 0 atom stereocenters. The smallest absolute Gasteiger partial charge is 0.262 e. The Morgan fingerprint density at radius 3 is 2.65 bits per heavy atom. The van der Waals surface area contributed by atoms with Crippen molar-refractivity contribution in [2.75, 3.05) is 5.73 Å². The Kier molecular flexibility index (Phi) is 3.44. The molecule has 0 amide bonds. The van der Waals surface area contributed by atoms with Crippen LogP contribution in [0.15, 0.2) is 25.3 Å². The van der Waals surface area contributed by atoms with Gasteiger partial charge in [-0.2, -0.15) is 0 Å². The van der Waals surface area contributed by atoms with Crippen molar-refractivity contribution in [3.63, 3.8) is 0 Å². The van der Waals surface area contributed by atoms with Crippen molar-refractivity contribution in [2.45, 2.75) is 31.0 Å². The van der Waals surface area contributed by atoms with Gasteiger partial charge in [0.05, 0.1) is 22.1 Å². The Balaban J connectivity index is 2.33. The van der Waals surface area contributed by atoms with Gasteiger partial charge in [-0.15, -0.1) is 0 Å². The number of nitrogens with two attached hydrogens (primary N) is 1. The molecule has 0 aromatic carbocycles. The summed E-state index contributed by atoms with van der Waals surface area (Å²) in [5.41, 5.74) is 8.31. The Morgan fingerprint density at radius 1 is 1.35 bits per heavy atom. The monoisotopic (exact) mass is 313 g/mol. The third-order valence-electron chi connectivity index (χ3n) is 2.46. The number of aryl methyl sites for hydroxylation is 2. The summed E-state index contributed by atoms with van der Waals surface area (Å²) in [4.78, 5) is 8.57. The van der Waals surface area contributed by atoms with Crippen LogP contribution >= 0.6 is 27.7 Å². The SMILES string of the molecule is Cc1nc(Sc2ncc(N)c(C)c2Br)oc1C. The number of nitrogens with zero attached hydrogens (tertiary/aromatic N) is 2. The molecule has 90 valence electrons. The lowest BCUT2D eigenvalue weighted by Crippen LogP contribution is -1.94. The molecule has 0 saturated heterocycles. The zero-order valence-electron chi connectivity index (χ0n) is 9.74. The first-order chi connectivity index (χ1) is 7.99. The number of pyridine rings is 1. The molecule has 0 aliphatic rings. The van der Waals surface area contributed by atoms with Gasteiger partial charge in [-0.3, -0.25) is 0 Å². The van der Waals surface area contributed by atoms with Crippen molar-refractivity contribution in [3.8, 4) is 0 Å². The molecule has 0 aliphatic carbocycles. The lowest BCUT2D eigenvalue weighted by atomic mass is 10.3. The maximum atomic E-state index is 5.77. The van der Waals surface area contributed by atoms with Crippen LogP contribution in [0.1, 0.15) is 17.0 Å². The Morgan fingerprint density at radius 2 is 2.06 bits per heavy atom. The van der Waals surface area contributed by atoms with Crippen LogP contribution in [0.2, 0.25) is 0 Å². The first-order valence-electron chi connectivity index (χ1n) is 5.01. The van der Waals surface area contributed by atoms with E-state index in [1.807, 2.05) is 20.8 Å². The number of rotatable bonds is 2. The van der Waals surface area contributed by atoms with Gasteiger partial charge in [-0.05, 0) is 54.0 Å². The molecule has 0 radical (unpaired) electrons. The normalized spacial score (nSPS) is 10.8. The molecule has 0 fully saturated rings. The molecule has 2 rings (SSSR count). The fourth-order valence-electron chi connectivity index (χ4n) is 1.21. The van der Waals surface area contributed by atoms with Crippen LogP contribution in [0.4, 0.5) is 5.69 Å². The van der Waals surface area contributed by atoms with Gasteiger partial charge in [0, 0.05) is 0 Å². The Hall–Kier alpha value is -1.01. The molecule has 6 heteroatoms. The van der Waals surface area contributed by atoms with Crippen LogP contribution < -0.4 is 5.73 Å². The summed E-state index contributed by atoms with van der Waals surface area (Å²) in [6, 6.07) is 0. The molecule has 2 heterocycles. The highest BCUT2D eigenvalue weighted by atomic mass is 79.9. The first kappa shape index (κ1) is 12.4. The van der Waals surface area contributed by atoms with Gasteiger partial charge in [0.1, 0.15) is 10.8 Å². The van der Waals surface area contributed by atoms with Crippen molar-refractivity contribution in [3.05, 3.63) is 27.7 Å².